The van der Waals surface area contributed by atoms with E-state index >= 15 is 0 Å². The maximum Gasteiger partial charge on any atom is 0.269 e. The first-order valence-corrected chi connectivity index (χ1v) is 14.8. The Morgan fingerprint density at radius 2 is 1.85 bits per heavy atom. The van der Waals surface area contributed by atoms with Gasteiger partial charge in [-0.25, -0.2) is 12.4 Å². The molecule has 1 saturated heterocycles. The molecule has 0 saturated carbocycles. The first kappa shape index (κ1) is 28.4. The van der Waals surface area contributed by atoms with Gasteiger partial charge in [0.05, 0.1) is 29.7 Å². The Bertz CT molecular complexity index is 1690. The van der Waals surface area contributed by atoms with Gasteiger partial charge >= 0.3 is 0 Å². The molecular formula is C29H34N6O5S. The van der Waals surface area contributed by atoms with Crippen LogP contribution in [-0.4, -0.2) is 84.5 Å². The number of anilines is 2. The van der Waals surface area contributed by atoms with E-state index in [0.29, 0.717) is 35.5 Å². The van der Waals surface area contributed by atoms with Crippen LogP contribution in [0.4, 0.5) is 11.6 Å². The number of methoxy groups -OCH3 is 1. The molecule has 12 heteroatoms. The van der Waals surface area contributed by atoms with E-state index in [-0.39, 0.29) is 34.3 Å². The smallest absolute Gasteiger partial charge is 0.269 e. The van der Waals surface area contributed by atoms with Crippen LogP contribution in [0.15, 0.2) is 59.6 Å². The maximum absolute atomic E-state index is 13.5. The zero-order valence-corrected chi connectivity index (χ0v) is 24.6. The number of carbonyl (C=O) groups excluding carboxylic acids is 1. The molecule has 41 heavy (non-hydrogen) atoms. The summed E-state index contributed by atoms with van der Waals surface area (Å²) in [6.07, 6.45) is 1.45. The van der Waals surface area contributed by atoms with Gasteiger partial charge in [-0.05, 0) is 64.2 Å². The van der Waals surface area contributed by atoms with Gasteiger partial charge in [-0.3, -0.25) is 4.79 Å². The number of benzene rings is 2. The summed E-state index contributed by atoms with van der Waals surface area (Å²) in [5, 5.41) is 3.58. The minimum Gasteiger partial charge on any atom is -0.495 e. The van der Waals surface area contributed by atoms with Gasteiger partial charge in [-0.1, -0.05) is 17.7 Å². The first-order chi connectivity index (χ1) is 19.6. The first-order valence-electron chi connectivity index (χ1n) is 13.4. The van der Waals surface area contributed by atoms with Gasteiger partial charge in [-0.2, -0.15) is 9.97 Å². The molecule has 4 aromatic rings. The summed E-state index contributed by atoms with van der Waals surface area (Å²) < 4.78 is 39.5. The van der Waals surface area contributed by atoms with Crippen LogP contribution in [-0.2, 0) is 10.0 Å². The lowest BCUT2D eigenvalue weighted by Crippen LogP contribution is -2.52. The number of carbonyl (C=O) groups is 1. The lowest BCUT2D eigenvalue weighted by atomic mass is 10.1. The molecule has 0 bridgehead atoms. The second-order valence-corrected chi connectivity index (χ2v) is 11.9. The van der Waals surface area contributed by atoms with Crippen molar-refractivity contribution >= 4 is 38.6 Å². The normalized spacial score (nSPS) is 16.1. The number of aromatic nitrogens is 3. The molecule has 0 aliphatic carbocycles. The molecule has 3 heterocycles. The van der Waals surface area contributed by atoms with Crippen molar-refractivity contribution in [3.8, 4) is 11.6 Å². The van der Waals surface area contributed by atoms with Gasteiger partial charge in [0.15, 0.2) is 5.65 Å². The Morgan fingerprint density at radius 3 is 2.54 bits per heavy atom. The molecule has 1 unspecified atom stereocenters. The van der Waals surface area contributed by atoms with Crippen LogP contribution < -0.4 is 14.8 Å². The molecule has 216 valence electrons. The summed E-state index contributed by atoms with van der Waals surface area (Å²) in [7, 11) is -0.369. The second kappa shape index (κ2) is 11.4. The Labute approximate surface area is 239 Å². The van der Waals surface area contributed by atoms with E-state index < -0.39 is 10.0 Å². The predicted molar refractivity (Wildman–Crippen MR) is 157 cm³/mol. The Morgan fingerprint density at radius 1 is 1.10 bits per heavy atom. The summed E-state index contributed by atoms with van der Waals surface area (Å²) in [4.78, 5) is 26.6. The molecule has 2 aromatic heterocycles. The van der Waals surface area contributed by atoms with E-state index in [2.05, 4.69) is 20.2 Å². The van der Waals surface area contributed by atoms with Crippen molar-refractivity contribution in [2.45, 2.75) is 31.7 Å². The predicted octanol–water partition coefficient (Wildman–Crippen LogP) is 3.90. The van der Waals surface area contributed by atoms with E-state index in [4.69, 9.17) is 9.47 Å². The zero-order chi connectivity index (χ0) is 29.3. The average Bonchev–Trinajstić information content (AvgIpc) is 3.38. The maximum atomic E-state index is 13.5. The van der Waals surface area contributed by atoms with E-state index in [1.807, 2.05) is 32.7 Å². The fourth-order valence-corrected chi connectivity index (χ4v) is 6.23. The quantitative estimate of drug-likeness (QED) is 0.332. The molecule has 1 N–H and O–H groups in total. The number of hydrogen-bond acceptors (Lipinski definition) is 9. The molecular weight excluding hydrogens is 544 g/mol. The average molecular weight is 579 g/mol. The Hall–Kier alpha value is -4.16. The number of likely N-dealkylation sites (N-methyl/N-ethyl adjacent to an activating group) is 1. The molecule has 1 aliphatic rings. The molecule has 1 fully saturated rings. The molecule has 5 rings (SSSR count). The highest BCUT2D eigenvalue weighted by Gasteiger charge is 2.27. The van der Waals surface area contributed by atoms with Gasteiger partial charge in [0, 0.05) is 37.4 Å². The lowest BCUT2D eigenvalue weighted by Gasteiger charge is -2.38. The van der Waals surface area contributed by atoms with Crippen LogP contribution in [0.5, 0.6) is 11.6 Å². The summed E-state index contributed by atoms with van der Waals surface area (Å²) >= 11 is 0. The van der Waals surface area contributed by atoms with E-state index in [1.165, 1.54) is 13.3 Å². The molecule has 0 radical (unpaired) electrons. The van der Waals surface area contributed by atoms with Crippen molar-refractivity contribution in [3.05, 3.63) is 65.9 Å². The van der Waals surface area contributed by atoms with Crippen LogP contribution in [0.2, 0.25) is 0 Å². The van der Waals surface area contributed by atoms with Gasteiger partial charge in [0.1, 0.15) is 5.75 Å². The molecule has 11 nitrogen and oxygen atoms in total. The van der Waals surface area contributed by atoms with Crippen LogP contribution in [0, 0.1) is 6.92 Å². The molecule has 1 atom stereocenters. The highest BCUT2D eigenvalue weighted by molar-refractivity contribution is 7.90. The summed E-state index contributed by atoms with van der Waals surface area (Å²) in [5.41, 5.74) is 2.14. The third-order valence-electron chi connectivity index (χ3n) is 7.12. The minimum atomic E-state index is -3.93. The standard InChI is InChI=1S/C29H34N6O5S/c1-6-40-27-23-13-14-35(41(37,38)22-10-7-19(2)8-11-22)26(23)31-29(32-27)30-24-12-9-21(17-25(24)39-5)28(36)34-16-15-33(4)18-20(34)3/h7-14,17,20H,6,15-16,18H2,1-5H3,(H,30,31,32). The van der Waals surface area contributed by atoms with Gasteiger partial charge in [0.2, 0.25) is 11.8 Å². The number of nitrogens with one attached hydrogen (secondary N) is 1. The highest BCUT2D eigenvalue weighted by atomic mass is 32.2. The fourth-order valence-electron chi connectivity index (χ4n) is 4.94. The highest BCUT2D eigenvalue weighted by Crippen LogP contribution is 2.32. The van der Waals surface area contributed by atoms with Gasteiger partial charge in [-0.15, -0.1) is 0 Å². The summed E-state index contributed by atoms with van der Waals surface area (Å²) in [6.45, 7) is 8.36. The lowest BCUT2D eigenvalue weighted by molar-refractivity contribution is 0.0533. The SMILES string of the molecule is CCOc1nc(Nc2ccc(C(=O)N3CCN(C)CC3C)cc2OC)nc2c1ccn2S(=O)(=O)c1ccc(C)cc1. The van der Waals surface area contributed by atoms with E-state index in [9.17, 15) is 13.2 Å². The van der Waals surface area contributed by atoms with Gasteiger partial charge < -0.3 is 24.6 Å². The second-order valence-electron chi connectivity index (χ2n) is 10.1. The number of aryl methyl sites for hydroxylation is 1. The van der Waals surface area contributed by atoms with Crippen molar-refractivity contribution in [1.82, 2.24) is 23.7 Å². The zero-order valence-electron chi connectivity index (χ0n) is 23.8. The monoisotopic (exact) mass is 578 g/mol. The Balaban J connectivity index is 1.50. The van der Waals surface area contributed by atoms with Crippen molar-refractivity contribution in [1.29, 1.82) is 0 Å². The van der Waals surface area contributed by atoms with Crippen molar-refractivity contribution in [2.75, 3.05) is 45.7 Å². The number of amides is 1. The molecule has 1 aliphatic heterocycles. The van der Waals surface area contributed by atoms with Gasteiger partial charge in [0.25, 0.3) is 15.9 Å². The van der Waals surface area contributed by atoms with Crippen molar-refractivity contribution in [2.24, 2.45) is 0 Å². The van der Waals surface area contributed by atoms with Crippen LogP contribution in [0.1, 0.15) is 29.8 Å². The fraction of sp³-hybridized carbons (Fsp3) is 0.345. The third-order valence-corrected chi connectivity index (χ3v) is 8.80. The van der Waals surface area contributed by atoms with Crippen molar-refractivity contribution < 1.29 is 22.7 Å². The topological polar surface area (TPSA) is 119 Å². The number of fused-ring (bicyclic) bond motifs is 1. The number of ether oxygens (including phenoxy) is 2. The minimum absolute atomic E-state index is 0.0640. The molecule has 1 amide bonds. The third kappa shape index (κ3) is 5.57. The summed E-state index contributed by atoms with van der Waals surface area (Å²) in [5.74, 6) is 0.714. The van der Waals surface area contributed by atoms with Crippen LogP contribution in [0.25, 0.3) is 11.0 Å². The van der Waals surface area contributed by atoms with Crippen molar-refractivity contribution in [3.63, 3.8) is 0 Å². The largest absolute Gasteiger partial charge is 0.495 e. The number of hydrogen-bond donors (Lipinski definition) is 1. The molecule has 2 aromatic carbocycles. The number of nitrogens with zero attached hydrogens (tertiary/aromatic N) is 5. The van der Waals surface area contributed by atoms with Crippen LogP contribution in [0.3, 0.4) is 0 Å². The number of piperazine rings is 1. The Kier molecular flexibility index (Phi) is 7.87. The van der Waals surface area contributed by atoms with E-state index in [0.717, 1.165) is 22.6 Å². The summed E-state index contributed by atoms with van der Waals surface area (Å²) in [6, 6.07) is 13.5. The van der Waals surface area contributed by atoms with Crippen LogP contribution >= 0.6 is 0 Å². The number of rotatable bonds is 8. The van der Waals surface area contributed by atoms with E-state index in [1.54, 1.807) is 48.5 Å². The molecule has 0 spiro atoms.